The van der Waals surface area contributed by atoms with Crippen molar-refractivity contribution in [2.24, 2.45) is 0 Å². The third kappa shape index (κ3) is 3.26. The van der Waals surface area contributed by atoms with Gasteiger partial charge in [0.15, 0.2) is 0 Å². The van der Waals surface area contributed by atoms with Crippen molar-refractivity contribution in [3.8, 4) is 11.6 Å². The summed E-state index contributed by atoms with van der Waals surface area (Å²) in [7, 11) is 0. The van der Waals surface area contributed by atoms with Crippen molar-refractivity contribution < 1.29 is 4.74 Å². The maximum Gasteiger partial charge on any atom is 0.254 e. The molecule has 1 heterocycles. The Kier molecular flexibility index (Phi) is 3.93. The van der Waals surface area contributed by atoms with E-state index in [1.54, 1.807) is 6.92 Å². The smallest absolute Gasteiger partial charge is 0.254 e. The molecule has 0 aliphatic rings. The Morgan fingerprint density at radius 2 is 1.90 bits per heavy atom. The molecule has 0 saturated carbocycles. The molecule has 0 bridgehead atoms. The van der Waals surface area contributed by atoms with E-state index in [-0.39, 0.29) is 11.0 Å². The second-order valence-corrected chi connectivity index (χ2v) is 5.53. The molecule has 0 unspecified atom stereocenters. The second-order valence-electron chi connectivity index (χ2n) is 5.53. The third-order valence-corrected chi connectivity index (χ3v) is 3.58. The lowest BCUT2D eigenvalue weighted by Crippen LogP contribution is -2.15. The van der Waals surface area contributed by atoms with Gasteiger partial charge in [0.25, 0.3) is 5.56 Å². The van der Waals surface area contributed by atoms with Crippen molar-refractivity contribution in [1.29, 1.82) is 0 Å². The topological polar surface area (TPSA) is 55.0 Å². The number of aryl methyl sites for hydroxylation is 1. The van der Waals surface area contributed by atoms with Crippen molar-refractivity contribution in [3.05, 3.63) is 52.1 Å². The first kappa shape index (κ1) is 14.3. The molecular weight excluding hydrogens is 252 g/mol. The van der Waals surface area contributed by atoms with Crippen LogP contribution in [0.2, 0.25) is 0 Å². The zero-order valence-electron chi connectivity index (χ0n) is 12.4. The predicted molar refractivity (Wildman–Crippen MR) is 79.4 cm³/mol. The Morgan fingerprint density at radius 1 is 1.25 bits per heavy atom. The van der Waals surface area contributed by atoms with Crippen LogP contribution >= 0.6 is 0 Å². The van der Waals surface area contributed by atoms with Gasteiger partial charge in [-0.2, -0.15) is 0 Å². The minimum absolute atomic E-state index is 0.150. The Hall–Kier alpha value is -2.10. The first-order valence-corrected chi connectivity index (χ1v) is 6.77. The highest BCUT2D eigenvalue weighted by molar-refractivity contribution is 5.33. The van der Waals surface area contributed by atoms with Gasteiger partial charge in [0.05, 0.1) is 6.07 Å². The van der Waals surface area contributed by atoms with Crippen LogP contribution in [-0.2, 0) is 5.41 Å². The summed E-state index contributed by atoms with van der Waals surface area (Å²) in [6, 6.07) is 9.27. The molecule has 1 N–H and O–H groups in total. The zero-order valence-corrected chi connectivity index (χ0v) is 12.4. The quantitative estimate of drug-likeness (QED) is 0.925. The number of aromatic amines is 1. The molecule has 1 aromatic carbocycles. The van der Waals surface area contributed by atoms with Crippen LogP contribution in [0.3, 0.4) is 0 Å². The van der Waals surface area contributed by atoms with Gasteiger partial charge < -0.3 is 9.72 Å². The predicted octanol–water partition coefficient (Wildman–Crippen LogP) is 3.56. The SMILES string of the molecule is CCC(C)(C)c1ccc(Oc2cc(=O)[nH]c(C)n2)cc1. The van der Waals surface area contributed by atoms with E-state index in [9.17, 15) is 4.79 Å². The van der Waals surface area contributed by atoms with E-state index in [2.05, 4.69) is 42.9 Å². The van der Waals surface area contributed by atoms with Gasteiger partial charge in [-0.05, 0) is 36.5 Å². The Balaban J connectivity index is 2.21. The van der Waals surface area contributed by atoms with E-state index in [1.807, 2.05) is 12.1 Å². The van der Waals surface area contributed by atoms with Crippen molar-refractivity contribution in [2.45, 2.75) is 39.5 Å². The van der Waals surface area contributed by atoms with Crippen molar-refractivity contribution in [1.82, 2.24) is 9.97 Å². The number of hydrogen-bond acceptors (Lipinski definition) is 3. The van der Waals surface area contributed by atoms with Crippen molar-refractivity contribution in [2.75, 3.05) is 0 Å². The monoisotopic (exact) mass is 272 g/mol. The van der Waals surface area contributed by atoms with Crippen LogP contribution < -0.4 is 10.3 Å². The Morgan fingerprint density at radius 3 is 2.45 bits per heavy atom. The van der Waals surface area contributed by atoms with E-state index in [0.29, 0.717) is 17.5 Å². The summed E-state index contributed by atoms with van der Waals surface area (Å²) in [5, 5.41) is 0. The van der Waals surface area contributed by atoms with Crippen LogP contribution in [-0.4, -0.2) is 9.97 Å². The highest BCUT2D eigenvalue weighted by Gasteiger charge is 2.17. The standard InChI is InChI=1S/C16H20N2O2/c1-5-16(3,4)12-6-8-13(9-7-12)20-15-10-14(19)17-11(2)18-15/h6-10H,5H2,1-4H3,(H,17,18,19). The lowest BCUT2D eigenvalue weighted by Gasteiger charge is -2.23. The van der Waals surface area contributed by atoms with E-state index in [0.717, 1.165) is 6.42 Å². The van der Waals surface area contributed by atoms with Gasteiger partial charge >= 0.3 is 0 Å². The molecule has 0 spiro atoms. The first-order valence-electron chi connectivity index (χ1n) is 6.77. The maximum atomic E-state index is 11.4. The summed E-state index contributed by atoms with van der Waals surface area (Å²) in [6.07, 6.45) is 1.07. The molecule has 0 atom stereocenters. The summed E-state index contributed by atoms with van der Waals surface area (Å²) in [4.78, 5) is 18.1. The average Bonchev–Trinajstić information content (AvgIpc) is 2.38. The van der Waals surface area contributed by atoms with Gasteiger partial charge in [-0.15, -0.1) is 0 Å². The fraction of sp³-hybridized carbons (Fsp3) is 0.375. The van der Waals surface area contributed by atoms with Gasteiger partial charge in [0.2, 0.25) is 5.88 Å². The molecule has 0 amide bonds. The average molecular weight is 272 g/mol. The number of H-pyrrole nitrogens is 1. The van der Waals surface area contributed by atoms with Crippen LogP contribution in [0.4, 0.5) is 0 Å². The fourth-order valence-electron chi connectivity index (χ4n) is 1.90. The molecule has 0 aliphatic heterocycles. The number of ether oxygens (including phenoxy) is 1. The van der Waals surface area contributed by atoms with Crippen molar-refractivity contribution in [3.63, 3.8) is 0 Å². The summed E-state index contributed by atoms with van der Waals surface area (Å²) in [5.74, 6) is 1.53. The van der Waals surface area contributed by atoms with E-state index in [4.69, 9.17) is 4.74 Å². The molecule has 0 saturated heterocycles. The molecule has 4 nitrogen and oxygen atoms in total. The zero-order chi connectivity index (χ0) is 14.8. The fourth-order valence-corrected chi connectivity index (χ4v) is 1.90. The number of aromatic nitrogens is 2. The lowest BCUT2D eigenvalue weighted by molar-refractivity contribution is 0.456. The summed E-state index contributed by atoms with van der Waals surface area (Å²) >= 11 is 0. The van der Waals surface area contributed by atoms with Crippen LogP contribution in [0.1, 0.15) is 38.6 Å². The molecule has 106 valence electrons. The normalized spacial score (nSPS) is 11.4. The highest BCUT2D eigenvalue weighted by atomic mass is 16.5. The highest BCUT2D eigenvalue weighted by Crippen LogP contribution is 2.28. The molecule has 0 radical (unpaired) electrons. The summed E-state index contributed by atoms with van der Waals surface area (Å²) in [6.45, 7) is 8.32. The molecule has 2 rings (SSSR count). The van der Waals surface area contributed by atoms with Gasteiger partial charge in [0, 0.05) is 0 Å². The molecule has 4 heteroatoms. The molecule has 1 aromatic heterocycles. The van der Waals surface area contributed by atoms with Crippen LogP contribution in [0.15, 0.2) is 35.1 Å². The van der Waals surface area contributed by atoms with Gasteiger partial charge in [-0.25, -0.2) is 4.98 Å². The second kappa shape index (κ2) is 5.49. The molecule has 0 fully saturated rings. The Labute approximate surface area is 118 Å². The van der Waals surface area contributed by atoms with E-state index < -0.39 is 0 Å². The lowest BCUT2D eigenvalue weighted by atomic mass is 9.82. The number of rotatable bonds is 4. The van der Waals surface area contributed by atoms with E-state index in [1.165, 1.54) is 11.6 Å². The van der Waals surface area contributed by atoms with Gasteiger partial charge in [0.1, 0.15) is 11.6 Å². The molecule has 2 aromatic rings. The summed E-state index contributed by atoms with van der Waals surface area (Å²) in [5.41, 5.74) is 1.20. The third-order valence-electron chi connectivity index (χ3n) is 3.58. The molecule has 20 heavy (non-hydrogen) atoms. The molecule has 0 aliphatic carbocycles. The van der Waals surface area contributed by atoms with Crippen LogP contribution in [0.25, 0.3) is 0 Å². The first-order chi connectivity index (χ1) is 9.40. The van der Waals surface area contributed by atoms with Crippen LogP contribution in [0.5, 0.6) is 11.6 Å². The Bertz CT molecular complexity index is 642. The minimum atomic E-state index is -0.212. The number of benzene rings is 1. The van der Waals surface area contributed by atoms with Crippen molar-refractivity contribution >= 4 is 0 Å². The largest absolute Gasteiger partial charge is 0.439 e. The van der Waals surface area contributed by atoms with E-state index >= 15 is 0 Å². The number of nitrogens with one attached hydrogen (secondary N) is 1. The molecular formula is C16H20N2O2. The minimum Gasteiger partial charge on any atom is -0.439 e. The number of hydrogen-bond donors (Lipinski definition) is 1. The van der Waals surface area contributed by atoms with Gasteiger partial charge in [-0.3, -0.25) is 4.79 Å². The maximum absolute atomic E-state index is 11.4. The number of nitrogens with zero attached hydrogens (tertiary/aromatic N) is 1. The summed E-state index contributed by atoms with van der Waals surface area (Å²) < 4.78 is 5.61. The van der Waals surface area contributed by atoms with Gasteiger partial charge in [-0.1, -0.05) is 32.9 Å². The van der Waals surface area contributed by atoms with Crippen LogP contribution in [0, 0.1) is 6.92 Å².